The van der Waals surface area contributed by atoms with Crippen molar-refractivity contribution in [2.75, 3.05) is 11.9 Å². The lowest BCUT2D eigenvalue weighted by Gasteiger charge is -2.28. The van der Waals surface area contributed by atoms with Gasteiger partial charge in [-0.15, -0.1) is 0 Å². The van der Waals surface area contributed by atoms with Crippen LogP contribution in [0.3, 0.4) is 0 Å². The van der Waals surface area contributed by atoms with Gasteiger partial charge in [-0.05, 0) is 32.4 Å². The lowest BCUT2D eigenvalue weighted by Crippen LogP contribution is -2.37. The number of hydrogen-bond acceptors (Lipinski definition) is 2. The van der Waals surface area contributed by atoms with Crippen LogP contribution in [0.4, 0.5) is 5.69 Å². The average Bonchev–Trinajstić information content (AvgIpc) is 2.21. The SMILES string of the molecule is CCC(C)(CO)Nc1ccc(C)cc1. The summed E-state index contributed by atoms with van der Waals surface area (Å²) in [6.45, 7) is 6.30. The van der Waals surface area contributed by atoms with Gasteiger partial charge < -0.3 is 10.4 Å². The van der Waals surface area contributed by atoms with Gasteiger partial charge in [-0.1, -0.05) is 24.6 Å². The minimum absolute atomic E-state index is 0.150. The molecular weight excluding hydrogens is 174 g/mol. The molecule has 1 aromatic carbocycles. The van der Waals surface area contributed by atoms with Gasteiger partial charge in [0.25, 0.3) is 0 Å². The first-order valence-electron chi connectivity index (χ1n) is 5.05. The highest BCUT2D eigenvalue weighted by Gasteiger charge is 2.19. The summed E-state index contributed by atoms with van der Waals surface area (Å²) in [6.07, 6.45) is 0.900. The Morgan fingerprint density at radius 3 is 2.29 bits per heavy atom. The number of aryl methyl sites for hydroxylation is 1. The number of rotatable bonds is 4. The highest BCUT2D eigenvalue weighted by Crippen LogP contribution is 2.18. The second-order valence-electron chi connectivity index (χ2n) is 4.06. The standard InChI is InChI=1S/C12H19NO/c1-4-12(3,9-14)13-11-7-5-10(2)6-8-11/h5-8,13-14H,4,9H2,1-3H3. The fourth-order valence-electron chi connectivity index (χ4n) is 1.23. The Morgan fingerprint density at radius 2 is 1.86 bits per heavy atom. The smallest absolute Gasteiger partial charge is 0.0658 e. The van der Waals surface area contributed by atoms with E-state index in [2.05, 4.69) is 31.3 Å². The highest BCUT2D eigenvalue weighted by molar-refractivity contribution is 5.46. The molecule has 0 fully saturated rings. The lowest BCUT2D eigenvalue weighted by molar-refractivity contribution is 0.219. The molecule has 0 aliphatic rings. The van der Waals surface area contributed by atoms with Crippen molar-refractivity contribution in [3.63, 3.8) is 0 Å². The van der Waals surface area contributed by atoms with Crippen LogP contribution in [0.15, 0.2) is 24.3 Å². The molecular formula is C12H19NO. The topological polar surface area (TPSA) is 32.3 Å². The second-order valence-corrected chi connectivity index (χ2v) is 4.06. The van der Waals surface area contributed by atoms with Gasteiger partial charge in [-0.25, -0.2) is 0 Å². The Hall–Kier alpha value is -1.02. The predicted molar refractivity (Wildman–Crippen MR) is 60.6 cm³/mol. The fourth-order valence-corrected chi connectivity index (χ4v) is 1.23. The maximum atomic E-state index is 9.24. The van der Waals surface area contributed by atoms with Gasteiger partial charge >= 0.3 is 0 Å². The van der Waals surface area contributed by atoms with Crippen LogP contribution in [-0.2, 0) is 0 Å². The van der Waals surface area contributed by atoms with Crippen molar-refractivity contribution >= 4 is 5.69 Å². The molecule has 2 heteroatoms. The summed E-state index contributed by atoms with van der Waals surface area (Å²) in [4.78, 5) is 0. The molecule has 0 saturated carbocycles. The molecule has 2 nitrogen and oxygen atoms in total. The largest absolute Gasteiger partial charge is 0.394 e. The molecule has 0 spiro atoms. The van der Waals surface area contributed by atoms with Crippen LogP contribution in [0, 0.1) is 6.92 Å². The first-order chi connectivity index (χ1) is 6.59. The third-order valence-electron chi connectivity index (χ3n) is 2.63. The molecule has 0 saturated heterocycles. The van der Waals surface area contributed by atoms with Gasteiger partial charge in [0.2, 0.25) is 0 Å². The maximum absolute atomic E-state index is 9.24. The van der Waals surface area contributed by atoms with Crippen LogP contribution in [0.25, 0.3) is 0 Å². The molecule has 2 N–H and O–H groups in total. The summed E-state index contributed by atoms with van der Waals surface area (Å²) in [5.74, 6) is 0. The number of benzene rings is 1. The van der Waals surface area contributed by atoms with Crippen molar-refractivity contribution in [2.45, 2.75) is 32.7 Å². The number of aliphatic hydroxyl groups is 1. The van der Waals surface area contributed by atoms with Crippen LogP contribution in [-0.4, -0.2) is 17.3 Å². The van der Waals surface area contributed by atoms with Crippen LogP contribution in [0.2, 0.25) is 0 Å². The molecule has 1 aromatic rings. The Balaban J connectivity index is 2.72. The van der Waals surface area contributed by atoms with Gasteiger partial charge in [0.1, 0.15) is 0 Å². The molecule has 0 aromatic heterocycles. The van der Waals surface area contributed by atoms with Crippen molar-refractivity contribution < 1.29 is 5.11 Å². The van der Waals surface area contributed by atoms with E-state index in [9.17, 15) is 5.11 Å². The maximum Gasteiger partial charge on any atom is 0.0658 e. The van der Waals surface area contributed by atoms with Gasteiger partial charge in [-0.2, -0.15) is 0 Å². The van der Waals surface area contributed by atoms with Crippen LogP contribution in [0.1, 0.15) is 25.8 Å². The predicted octanol–water partition coefficient (Wildman–Crippen LogP) is 2.57. The fraction of sp³-hybridized carbons (Fsp3) is 0.500. The molecule has 1 rings (SSSR count). The number of nitrogens with one attached hydrogen (secondary N) is 1. The molecule has 0 heterocycles. The van der Waals surface area contributed by atoms with Gasteiger partial charge in [0.15, 0.2) is 0 Å². The van der Waals surface area contributed by atoms with E-state index in [1.54, 1.807) is 0 Å². The summed E-state index contributed by atoms with van der Waals surface area (Å²) in [6, 6.07) is 8.21. The summed E-state index contributed by atoms with van der Waals surface area (Å²) in [5, 5.41) is 12.6. The van der Waals surface area contributed by atoms with E-state index in [0.717, 1.165) is 12.1 Å². The summed E-state index contributed by atoms with van der Waals surface area (Å²) in [5.41, 5.74) is 2.10. The first kappa shape index (κ1) is 11.1. The molecule has 0 amide bonds. The van der Waals surface area contributed by atoms with Crippen LogP contribution >= 0.6 is 0 Å². The molecule has 14 heavy (non-hydrogen) atoms. The molecule has 0 bridgehead atoms. The summed E-state index contributed by atoms with van der Waals surface area (Å²) in [7, 11) is 0. The third kappa shape index (κ3) is 2.74. The Labute approximate surface area is 86.0 Å². The minimum atomic E-state index is -0.213. The Bertz CT molecular complexity index is 275. The zero-order chi connectivity index (χ0) is 10.6. The molecule has 78 valence electrons. The van der Waals surface area contributed by atoms with Crippen LogP contribution in [0.5, 0.6) is 0 Å². The van der Waals surface area contributed by atoms with Crippen molar-refractivity contribution in [2.24, 2.45) is 0 Å². The molecule has 1 atom stereocenters. The van der Waals surface area contributed by atoms with E-state index in [-0.39, 0.29) is 12.1 Å². The summed E-state index contributed by atoms with van der Waals surface area (Å²) >= 11 is 0. The Kier molecular flexibility index (Phi) is 3.53. The zero-order valence-corrected chi connectivity index (χ0v) is 9.17. The van der Waals surface area contributed by atoms with Gasteiger partial charge in [0.05, 0.1) is 12.1 Å². The van der Waals surface area contributed by atoms with E-state index in [0.29, 0.717) is 0 Å². The van der Waals surface area contributed by atoms with Gasteiger partial charge in [0, 0.05) is 5.69 Å². The molecule has 0 aliphatic carbocycles. The van der Waals surface area contributed by atoms with E-state index in [1.165, 1.54) is 5.56 Å². The average molecular weight is 193 g/mol. The highest BCUT2D eigenvalue weighted by atomic mass is 16.3. The van der Waals surface area contributed by atoms with E-state index in [4.69, 9.17) is 0 Å². The van der Waals surface area contributed by atoms with Crippen molar-refractivity contribution in [1.82, 2.24) is 0 Å². The van der Waals surface area contributed by atoms with E-state index >= 15 is 0 Å². The van der Waals surface area contributed by atoms with Crippen molar-refractivity contribution in [3.8, 4) is 0 Å². The van der Waals surface area contributed by atoms with Crippen molar-refractivity contribution in [3.05, 3.63) is 29.8 Å². The lowest BCUT2D eigenvalue weighted by atomic mass is 10.00. The normalized spacial score (nSPS) is 14.9. The number of hydrogen-bond donors (Lipinski definition) is 2. The first-order valence-corrected chi connectivity index (χ1v) is 5.05. The minimum Gasteiger partial charge on any atom is -0.394 e. The quantitative estimate of drug-likeness (QED) is 0.770. The van der Waals surface area contributed by atoms with Crippen molar-refractivity contribution in [1.29, 1.82) is 0 Å². The van der Waals surface area contributed by atoms with Gasteiger partial charge in [-0.3, -0.25) is 0 Å². The van der Waals surface area contributed by atoms with Crippen LogP contribution < -0.4 is 5.32 Å². The third-order valence-corrected chi connectivity index (χ3v) is 2.63. The number of aliphatic hydroxyl groups excluding tert-OH is 1. The molecule has 0 radical (unpaired) electrons. The van der Waals surface area contributed by atoms with E-state index < -0.39 is 0 Å². The van der Waals surface area contributed by atoms with E-state index in [1.807, 2.05) is 19.1 Å². The summed E-state index contributed by atoms with van der Waals surface area (Å²) < 4.78 is 0. The zero-order valence-electron chi connectivity index (χ0n) is 9.17. The molecule has 0 aliphatic heterocycles. The second kappa shape index (κ2) is 4.47. The Morgan fingerprint density at radius 1 is 1.29 bits per heavy atom. The monoisotopic (exact) mass is 193 g/mol. The molecule has 1 unspecified atom stereocenters. The number of anilines is 1.